The van der Waals surface area contributed by atoms with Crippen molar-refractivity contribution in [3.05, 3.63) is 35.4 Å². The maximum absolute atomic E-state index is 2.49. The van der Waals surface area contributed by atoms with Crippen LogP contribution in [0.4, 0.5) is 5.69 Å². The van der Waals surface area contributed by atoms with Gasteiger partial charge in [-0.3, -0.25) is 0 Å². The molecule has 16 heavy (non-hydrogen) atoms. The third kappa shape index (κ3) is 1.74. The van der Waals surface area contributed by atoms with E-state index in [0.717, 1.165) is 19.5 Å². The van der Waals surface area contributed by atoms with Crippen LogP contribution in [-0.4, -0.2) is 38.1 Å². The van der Waals surface area contributed by atoms with Crippen molar-refractivity contribution in [1.29, 1.82) is 0 Å². The largest absolute Gasteiger partial charge is 0.369 e. The number of piperazine rings is 1. The van der Waals surface area contributed by atoms with Gasteiger partial charge in [-0.05, 0) is 36.7 Å². The third-order valence-electron chi connectivity index (χ3n) is 3.63. The van der Waals surface area contributed by atoms with Crippen molar-refractivity contribution in [2.45, 2.75) is 6.42 Å². The molecule has 1 fully saturated rings. The Kier molecular flexibility index (Phi) is 2.44. The molecule has 1 heterocycles. The lowest BCUT2D eigenvalue weighted by Crippen LogP contribution is -2.44. The van der Waals surface area contributed by atoms with Gasteiger partial charge in [-0.15, -0.1) is 0 Å². The number of hydrogen-bond donors (Lipinski definition) is 0. The molecule has 0 atom stereocenters. The van der Waals surface area contributed by atoms with Gasteiger partial charge < -0.3 is 9.80 Å². The Hall–Kier alpha value is -1.28. The fourth-order valence-corrected chi connectivity index (χ4v) is 2.50. The van der Waals surface area contributed by atoms with E-state index in [2.05, 4.69) is 47.2 Å². The summed E-state index contributed by atoms with van der Waals surface area (Å²) < 4.78 is 0. The molecule has 0 N–H and O–H groups in total. The first-order chi connectivity index (χ1) is 7.83. The minimum atomic E-state index is 1.11. The monoisotopic (exact) mass is 214 g/mol. The van der Waals surface area contributed by atoms with E-state index in [1.54, 1.807) is 0 Å². The number of benzene rings is 1. The van der Waals surface area contributed by atoms with Gasteiger partial charge in [0.2, 0.25) is 0 Å². The zero-order valence-electron chi connectivity index (χ0n) is 9.82. The summed E-state index contributed by atoms with van der Waals surface area (Å²) in [5.74, 6) is 0. The molecule has 0 amide bonds. The van der Waals surface area contributed by atoms with E-state index in [0.29, 0.717) is 0 Å². The SMILES string of the molecule is CN1CCN(c2ccc3c(c2)C=CC3)CC1. The molecule has 1 aliphatic heterocycles. The van der Waals surface area contributed by atoms with Crippen LogP contribution in [0.5, 0.6) is 0 Å². The minimum Gasteiger partial charge on any atom is -0.369 e. The molecule has 1 aliphatic carbocycles. The Bertz CT molecular complexity index is 415. The fourth-order valence-electron chi connectivity index (χ4n) is 2.50. The van der Waals surface area contributed by atoms with Crippen LogP contribution >= 0.6 is 0 Å². The lowest BCUT2D eigenvalue weighted by atomic mass is 10.1. The minimum absolute atomic E-state index is 1.11. The first-order valence-electron chi connectivity index (χ1n) is 6.06. The molecular formula is C14H18N2. The smallest absolute Gasteiger partial charge is 0.0373 e. The summed E-state index contributed by atoms with van der Waals surface area (Å²) in [5.41, 5.74) is 4.27. The van der Waals surface area contributed by atoms with Crippen LogP contribution in [0.25, 0.3) is 6.08 Å². The summed E-state index contributed by atoms with van der Waals surface area (Å²) in [6.07, 6.45) is 5.60. The fraction of sp³-hybridized carbons (Fsp3) is 0.429. The van der Waals surface area contributed by atoms with Crippen LogP contribution in [0.2, 0.25) is 0 Å². The van der Waals surface area contributed by atoms with E-state index in [1.807, 2.05) is 0 Å². The highest BCUT2D eigenvalue weighted by Gasteiger charge is 2.15. The summed E-state index contributed by atoms with van der Waals surface area (Å²) in [6.45, 7) is 4.65. The van der Waals surface area contributed by atoms with Gasteiger partial charge in [0.25, 0.3) is 0 Å². The van der Waals surface area contributed by atoms with Gasteiger partial charge in [-0.2, -0.15) is 0 Å². The predicted molar refractivity (Wildman–Crippen MR) is 68.9 cm³/mol. The molecule has 0 radical (unpaired) electrons. The number of nitrogens with zero attached hydrogens (tertiary/aromatic N) is 2. The molecule has 2 nitrogen and oxygen atoms in total. The van der Waals surface area contributed by atoms with Gasteiger partial charge in [-0.25, -0.2) is 0 Å². The van der Waals surface area contributed by atoms with Crippen molar-refractivity contribution in [2.75, 3.05) is 38.1 Å². The van der Waals surface area contributed by atoms with Crippen molar-refractivity contribution < 1.29 is 0 Å². The van der Waals surface area contributed by atoms with Crippen LogP contribution in [0.15, 0.2) is 24.3 Å². The van der Waals surface area contributed by atoms with Crippen molar-refractivity contribution in [2.24, 2.45) is 0 Å². The summed E-state index contributed by atoms with van der Waals surface area (Å²) in [5, 5.41) is 0. The molecule has 0 spiro atoms. The molecule has 0 aromatic heterocycles. The van der Waals surface area contributed by atoms with E-state index in [9.17, 15) is 0 Å². The average molecular weight is 214 g/mol. The van der Waals surface area contributed by atoms with Gasteiger partial charge in [-0.1, -0.05) is 18.2 Å². The number of anilines is 1. The highest BCUT2D eigenvalue weighted by molar-refractivity contribution is 5.65. The number of hydrogen-bond acceptors (Lipinski definition) is 2. The van der Waals surface area contributed by atoms with E-state index < -0.39 is 0 Å². The summed E-state index contributed by atoms with van der Waals surface area (Å²) >= 11 is 0. The van der Waals surface area contributed by atoms with Crippen molar-refractivity contribution in [1.82, 2.24) is 4.90 Å². The van der Waals surface area contributed by atoms with Crippen LogP contribution in [-0.2, 0) is 6.42 Å². The maximum atomic E-state index is 2.49. The van der Waals surface area contributed by atoms with Crippen LogP contribution < -0.4 is 4.90 Å². The normalized spacial score (nSPS) is 20.2. The lowest BCUT2D eigenvalue weighted by molar-refractivity contribution is 0.313. The second kappa shape index (κ2) is 3.95. The van der Waals surface area contributed by atoms with Gasteiger partial charge in [0.1, 0.15) is 0 Å². The molecule has 0 saturated carbocycles. The van der Waals surface area contributed by atoms with Crippen molar-refractivity contribution in [3.63, 3.8) is 0 Å². The molecule has 0 unspecified atom stereocenters. The molecule has 2 heteroatoms. The first kappa shape index (κ1) is 9.91. The topological polar surface area (TPSA) is 6.48 Å². The standard InChI is InChI=1S/C14H18N2/c1-15-7-9-16(10-8-15)14-6-5-12-3-2-4-13(12)11-14/h2,4-6,11H,3,7-10H2,1H3. The Morgan fingerprint density at radius 2 is 1.88 bits per heavy atom. The number of likely N-dealkylation sites (N-methyl/N-ethyl adjacent to an activating group) is 1. The second-order valence-corrected chi connectivity index (χ2v) is 4.78. The second-order valence-electron chi connectivity index (χ2n) is 4.78. The van der Waals surface area contributed by atoms with E-state index in [-0.39, 0.29) is 0 Å². The highest BCUT2D eigenvalue weighted by atomic mass is 15.2. The van der Waals surface area contributed by atoms with Gasteiger partial charge in [0.15, 0.2) is 0 Å². The maximum Gasteiger partial charge on any atom is 0.0373 e. The lowest BCUT2D eigenvalue weighted by Gasteiger charge is -2.34. The average Bonchev–Trinajstić information content (AvgIpc) is 2.77. The van der Waals surface area contributed by atoms with Crippen LogP contribution in [0.1, 0.15) is 11.1 Å². The summed E-state index contributed by atoms with van der Waals surface area (Å²) in [4.78, 5) is 4.89. The number of allylic oxidation sites excluding steroid dienone is 1. The van der Waals surface area contributed by atoms with Crippen molar-refractivity contribution in [3.8, 4) is 0 Å². The van der Waals surface area contributed by atoms with Crippen LogP contribution in [0, 0.1) is 0 Å². The Balaban J connectivity index is 1.82. The molecule has 3 rings (SSSR count). The van der Waals surface area contributed by atoms with E-state index in [4.69, 9.17) is 0 Å². The highest BCUT2D eigenvalue weighted by Crippen LogP contribution is 2.25. The molecule has 2 aliphatic rings. The molecular weight excluding hydrogens is 196 g/mol. The summed E-state index contributed by atoms with van der Waals surface area (Å²) in [6, 6.07) is 6.89. The molecule has 1 aromatic carbocycles. The third-order valence-corrected chi connectivity index (χ3v) is 3.63. The zero-order valence-corrected chi connectivity index (χ0v) is 9.82. The molecule has 1 saturated heterocycles. The van der Waals surface area contributed by atoms with E-state index in [1.165, 1.54) is 29.9 Å². The van der Waals surface area contributed by atoms with Crippen molar-refractivity contribution >= 4 is 11.8 Å². The Labute approximate surface area is 97.2 Å². The molecule has 1 aromatic rings. The van der Waals surface area contributed by atoms with Crippen LogP contribution in [0.3, 0.4) is 0 Å². The number of rotatable bonds is 1. The van der Waals surface area contributed by atoms with Gasteiger partial charge >= 0.3 is 0 Å². The molecule has 0 bridgehead atoms. The summed E-state index contributed by atoms with van der Waals surface area (Å²) in [7, 11) is 2.20. The first-order valence-corrected chi connectivity index (χ1v) is 6.06. The molecule has 84 valence electrons. The Morgan fingerprint density at radius 1 is 1.06 bits per heavy atom. The van der Waals surface area contributed by atoms with E-state index >= 15 is 0 Å². The predicted octanol–water partition coefficient (Wildman–Crippen LogP) is 2.01. The Morgan fingerprint density at radius 3 is 2.69 bits per heavy atom. The number of fused-ring (bicyclic) bond motifs is 1. The quantitative estimate of drug-likeness (QED) is 0.705. The zero-order chi connectivity index (χ0) is 11.0. The van der Waals surface area contributed by atoms with Gasteiger partial charge in [0.05, 0.1) is 0 Å². The van der Waals surface area contributed by atoms with Gasteiger partial charge in [0, 0.05) is 31.9 Å².